The van der Waals surface area contributed by atoms with Gasteiger partial charge in [0.05, 0.1) is 17.7 Å². The zero-order chi connectivity index (χ0) is 16.4. The van der Waals surface area contributed by atoms with Crippen molar-refractivity contribution >= 4 is 11.9 Å². The van der Waals surface area contributed by atoms with Crippen LogP contribution >= 0.6 is 0 Å². The number of amides is 1. The molecule has 1 aromatic rings. The van der Waals surface area contributed by atoms with Crippen LogP contribution in [-0.4, -0.2) is 28.9 Å². The molecule has 2 aliphatic rings. The molecule has 5 heteroatoms. The van der Waals surface area contributed by atoms with Crippen molar-refractivity contribution in [2.24, 2.45) is 0 Å². The van der Waals surface area contributed by atoms with Gasteiger partial charge >= 0.3 is 6.09 Å². The Hall–Kier alpha value is -2.35. The molecule has 5 nitrogen and oxygen atoms in total. The zero-order valence-electron chi connectivity index (χ0n) is 13.2. The lowest BCUT2D eigenvalue weighted by Crippen LogP contribution is -2.51. The molecule has 1 heterocycles. The van der Waals surface area contributed by atoms with Gasteiger partial charge < -0.3 is 9.64 Å². The number of Topliss-reactive ketones (excluding diaryl/α,β-unsaturated/α-hetero) is 1. The van der Waals surface area contributed by atoms with Crippen LogP contribution in [-0.2, 0) is 9.53 Å². The second-order valence-corrected chi connectivity index (χ2v) is 6.44. The number of hydrogen-bond acceptors (Lipinski definition) is 4. The summed E-state index contributed by atoms with van der Waals surface area (Å²) in [6.45, 7) is 2.60. The Bertz CT molecular complexity index is 650. The highest BCUT2D eigenvalue weighted by atomic mass is 16.6. The number of ketones is 1. The summed E-state index contributed by atoms with van der Waals surface area (Å²) in [6.07, 6.45) is 2.79. The number of nitriles is 1. The summed E-state index contributed by atoms with van der Waals surface area (Å²) < 4.78 is 5.75. The number of ether oxygens (including phenoxy) is 1. The maximum absolute atomic E-state index is 12.5. The monoisotopic (exact) mass is 312 g/mol. The second kappa shape index (κ2) is 6.04. The van der Waals surface area contributed by atoms with Crippen molar-refractivity contribution < 1.29 is 14.3 Å². The van der Waals surface area contributed by atoms with Crippen molar-refractivity contribution in [1.29, 1.82) is 5.26 Å². The smallest absolute Gasteiger partial charge is 0.410 e. The summed E-state index contributed by atoms with van der Waals surface area (Å²) in [4.78, 5) is 25.6. The van der Waals surface area contributed by atoms with Gasteiger partial charge in [0.15, 0.2) is 0 Å². The predicted octanol–water partition coefficient (Wildman–Crippen LogP) is 3.34. The van der Waals surface area contributed by atoms with Crippen LogP contribution in [0, 0.1) is 11.3 Å². The van der Waals surface area contributed by atoms with Crippen molar-refractivity contribution in [1.82, 2.24) is 4.90 Å². The lowest BCUT2D eigenvalue weighted by molar-refractivity contribution is -0.129. The van der Waals surface area contributed by atoms with Gasteiger partial charge in [-0.3, -0.25) is 4.79 Å². The molecule has 1 aliphatic heterocycles. The molecule has 1 atom stereocenters. The first-order valence-corrected chi connectivity index (χ1v) is 8.04. The minimum atomic E-state index is -0.439. The molecule has 2 fully saturated rings. The normalized spacial score (nSPS) is 21.7. The Morgan fingerprint density at radius 1 is 1.17 bits per heavy atom. The average molecular weight is 312 g/mol. The number of carbonyl (C=O) groups is 2. The van der Waals surface area contributed by atoms with Gasteiger partial charge in [0.2, 0.25) is 0 Å². The van der Waals surface area contributed by atoms with Crippen LogP contribution in [0.15, 0.2) is 24.3 Å². The van der Waals surface area contributed by atoms with Gasteiger partial charge in [-0.25, -0.2) is 4.79 Å². The summed E-state index contributed by atoms with van der Waals surface area (Å²) >= 11 is 0. The largest absolute Gasteiger partial charge is 0.443 e. The van der Waals surface area contributed by atoms with Crippen LogP contribution in [0.3, 0.4) is 0 Å². The number of hydrogen-bond donors (Lipinski definition) is 0. The van der Waals surface area contributed by atoms with Crippen LogP contribution in [0.2, 0.25) is 0 Å². The third-order valence-electron chi connectivity index (χ3n) is 5.06. The second-order valence-electron chi connectivity index (χ2n) is 6.44. The van der Waals surface area contributed by atoms with Crippen LogP contribution in [0.5, 0.6) is 0 Å². The van der Waals surface area contributed by atoms with E-state index in [1.165, 1.54) is 0 Å². The van der Waals surface area contributed by atoms with Crippen molar-refractivity contribution in [3.63, 3.8) is 0 Å². The molecule has 23 heavy (non-hydrogen) atoms. The molecule has 1 saturated heterocycles. The molecule has 0 N–H and O–H groups in total. The zero-order valence-corrected chi connectivity index (χ0v) is 13.2. The van der Waals surface area contributed by atoms with E-state index in [2.05, 4.69) is 6.07 Å². The van der Waals surface area contributed by atoms with Crippen LogP contribution < -0.4 is 0 Å². The molecule has 0 bridgehead atoms. The molecule has 0 aromatic heterocycles. The standard InChI is InChI=1S/C18H20N2O3/c1-13(15-4-2-14(12-19)3-5-15)20-11-10-18(23-17(20)22)8-6-16(21)7-9-18/h2-5,13H,6-11H2,1H3. The summed E-state index contributed by atoms with van der Waals surface area (Å²) in [5, 5.41) is 8.86. The lowest BCUT2D eigenvalue weighted by atomic mass is 9.80. The van der Waals surface area contributed by atoms with Gasteiger partial charge in [0, 0.05) is 25.8 Å². The van der Waals surface area contributed by atoms with Crippen molar-refractivity contribution in [2.75, 3.05) is 6.54 Å². The van der Waals surface area contributed by atoms with Crippen molar-refractivity contribution in [3.8, 4) is 6.07 Å². The van der Waals surface area contributed by atoms with Crippen LogP contribution in [0.1, 0.15) is 56.2 Å². The highest BCUT2D eigenvalue weighted by Gasteiger charge is 2.44. The van der Waals surface area contributed by atoms with Gasteiger partial charge in [-0.15, -0.1) is 0 Å². The topological polar surface area (TPSA) is 70.4 Å². The molecule has 1 amide bonds. The SMILES string of the molecule is CC(c1ccc(C#N)cc1)N1CCC2(CCC(=O)CC2)OC1=O. The van der Waals surface area contributed by atoms with E-state index in [4.69, 9.17) is 10.00 Å². The fourth-order valence-corrected chi connectivity index (χ4v) is 3.41. The summed E-state index contributed by atoms with van der Waals surface area (Å²) in [7, 11) is 0. The highest BCUT2D eigenvalue weighted by Crippen LogP contribution is 2.38. The fraction of sp³-hybridized carbons (Fsp3) is 0.500. The van der Waals surface area contributed by atoms with E-state index >= 15 is 0 Å². The number of benzene rings is 1. The third-order valence-corrected chi connectivity index (χ3v) is 5.06. The quantitative estimate of drug-likeness (QED) is 0.839. The predicted molar refractivity (Wildman–Crippen MR) is 83.6 cm³/mol. The van der Waals surface area contributed by atoms with Gasteiger partial charge in [0.1, 0.15) is 11.4 Å². The number of nitrogens with zero attached hydrogens (tertiary/aromatic N) is 2. The fourth-order valence-electron chi connectivity index (χ4n) is 3.41. The third kappa shape index (κ3) is 3.07. The highest BCUT2D eigenvalue weighted by molar-refractivity contribution is 5.80. The van der Waals surface area contributed by atoms with E-state index in [1.54, 1.807) is 17.0 Å². The van der Waals surface area contributed by atoms with E-state index < -0.39 is 5.60 Å². The first kappa shape index (κ1) is 15.5. The maximum Gasteiger partial charge on any atom is 0.410 e. The van der Waals surface area contributed by atoms with Crippen molar-refractivity contribution in [2.45, 2.75) is 50.7 Å². The lowest BCUT2D eigenvalue weighted by Gasteiger charge is -2.44. The van der Waals surface area contributed by atoms with Crippen molar-refractivity contribution in [3.05, 3.63) is 35.4 Å². The van der Waals surface area contributed by atoms with Gasteiger partial charge in [-0.2, -0.15) is 5.26 Å². The first-order valence-electron chi connectivity index (χ1n) is 8.04. The summed E-state index contributed by atoms with van der Waals surface area (Å²) in [5.41, 5.74) is 1.15. The van der Waals surface area contributed by atoms with Crippen LogP contribution in [0.4, 0.5) is 4.79 Å². The van der Waals surface area contributed by atoms with Gasteiger partial charge in [-0.1, -0.05) is 12.1 Å². The molecular formula is C18H20N2O3. The van der Waals surface area contributed by atoms with E-state index in [0.717, 1.165) is 12.0 Å². The Labute approximate surface area is 135 Å². The Morgan fingerprint density at radius 2 is 1.83 bits per heavy atom. The number of rotatable bonds is 2. The molecule has 1 spiro atoms. The molecule has 3 rings (SSSR count). The first-order chi connectivity index (χ1) is 11.0. The van der Waals surface area contributed by atoms with E-state index in [-0.39, 0.29) is 17.9 Å². The molecule has 120 valence electrons. The Morgan fingerprint density at radius 3 is 2.39 bits per heavy atom. The van der Waals surface area contributed by atoms with E-state index in [1.807, 2.05) is 19.1 Å². The Balaban J connectivity index is 1.69. The van der Waals surface area contributed by atoms with Gasteiger partial charge in [0.25, 0.3) is 0 Å². The number of carbonyl (C=O) groups excluding carboxylic acids is 2. The summed E-state index contributed by atoms with van der Waals surface area (Å²) in [5.74, 6) is 0.264. The molecule has 1 unspecified atom stereocenters. The minimum Gasteiger partial charge on any atom is -0.443 e. The molecule has 1 aliphatic carbocycles. The van der Waals surface area contributed by atoms with Gasteiger partial charge in [-0.05, 0) is 37.5 Å². The molecule has 1 aromatic carbocycles. The van der Waals surface area contributed by atoms with E-state index in [0.29, 0.717) is 37.8 Å². The molecule has 0 radical (unpaired) electrons. The molecular weight excluding hydrogens is 292 g/mol. The minimum absolute atomic E-state index is 0.0992. The Kier molecular flexibility index (Phi) is 4.08. The molecule has 1 saturated carbocycles. The average Bonchev–Trinajstić information content (AvgIpc) is 2.57. The van der Waals surface area contributed by atoms with Crippen LogP contribution in [0.25, 0.3) is 0 Å². The van der Waals surface area contributed by atoms with E-state index in [9.17, 15) is 9.59 Å². The summed E-state index contributed by atoms with van der Waals surface area (Å²) in [6, 6.07) is 9.26. The maximum atomic E-state index is 12.5.